The van der Waals surface area contributed by atoms with E-state index >= 15 is 0 Å². The SMILES string of the molecule is CCOC(CNC(=O)CSC(C)(C)C)CC(=O)O. The average molecular weight is 277 g/mol. The molecule has 0 aliphatic carbocycles. The summed E-state index contributed by atoms with van der Waals surface area (Å²) in [6.45, 7) is 8.59. The van der Waals surface area contributed by atoms with Crippen LogP contribution in [0.1, 0.15) is 34.1 Å². The van der Waals surface area contributed by atoms with Crippen molar-refractivity contribution in [1.29, 1.82) is 0 Å². The molecule has 0 bridgehead atoms. The first kappa shape index (κ1) is 17.2. The van der Waals surface area contributed by atoms with Crippen LogP contribution < -0.4 is 5.32 Å². The fraction of sp³-hybridized carbons (Fsp3) is 0.833. The average Bonchev–Trinajstić information content (AvgIpc) is 2.21. The lowest BCUT2D eigenvalue weighted by atomic mass is 10.2. The minimum absolute atomic E-state index is 0.0394. The molecule has 1 atom stereocenters. The van der Waals surface area contributed by atoms with Crippen LogP contribution in [0.2, 0.25) is 0 Å². The zero-order valence-electron chi connectivity index (χ0n) is 11.5. The molecule has 0 aromatic heterocycles. The molecule has 6 heteroatoms. The molecule has 0 aliphatic rings. The van der Waals surface area contributed by atoms with Gasteiger partial charge in [0.05, 0.1) is 18.3 Å². The fourth-order valence-corrected chi connectivity index (χ4v) is 1.85. The molecule has 0 rings (SSSR count). The number of rotatable bonds is 8. The van der Waals surface area contributed by atoms with Crippen LogP contribution in [0.5, 0.6) is 0 Å². The summed E-state index contributed by atoms with van der Waals surface area (Å²) in [7, 11) is 0. The molecule has 0 fully saturated rings. The molecule has 0 heterocycles. The van der Waals surface area contributed by atoms with Crippen molar-refractivity contribution in [2.24, 2.45) is 0 Å². The molecule has 106 valence electrons. The Kier molecular flexibility index (Phi) is 8.02. The molecular weight excluding hydrogens is 254 g/mol. The molecule has 2 N–H and O–H groups in total. The topological polar surface area (TPSA) is 75.6 Å². The molecule has 0 aromatic rings. The van der Waals surface area contributed by atoms with Crippen LogP contribution in [-0.4, -0.2) is 46.7 Å². The highest BCUT2D eigenvalue weighted by Gasteiger charge is 2.16. The van der Waals surface area contributed by atoms with Gasteiger partial charge in [0, 0.05) is 17.9 Å². The molecule has 1 amide bonds. The van der Waals surface area contributed by atoms with Crippen molar-refractivity contribution in [1.82, 2.24) is 5.32 Å². The fourth-order valence-electron chi connectivity index (χ4n) is 1.18. The first-order valence-electron chi connectivity index (χ1n) is 5.98. The van der Waals surface area contributed by atoms with Crippen molar-refractivity contribution < 1.29 is 19.4 Å². The summed E-state index contributed by atoms with van der Waals surface area (Å²) >= 11 is 1.55. The molecule has 0 saturated heterocycles. The Morgan fingerprint density at radius 3 is 2.44 bits per heavy atom. The summed E-state index contributed by atoms with van der Waals surface area (Å²) in [6, 6.07) is 0. The third kappa shape index (κ3) is 10.4. The Morgan fingerprint density at radius 2 is 2.00 bits per heavy atom. The third-order valence-corrected chi connectivity index (χ3v) is 3.24. The normalized spacial score (nSPS) is 13.1. The standard InChI is InChI=1S/C12H23NO4S/c1-5-17-9(6-11(15)16)7-13-10(14)8-18-12(2,3)4/h9H,5-8H2,1-4H3,(H,13,14)(H,15,16). The van der Waals surface area contributed by atoms with Crippen LogP contribution in [0, 0.1) is 0 Å². The van der Waals surface area contributed by atoms with E-state index < -0.39 is 12.1 Å². The molecule has 18 heavy (non-hydrogen) atoms. The summed E-state index contributed by atoms with van der Waals surface area (Å²) in [6.07, 6.45) is -0.559. The molecule has 0 radical (unpaired) electrons. The van der Waals surface area contributed by atoms with Gasteiger partial charge in [-0.1, -0.05) is 20.8 Å². The monoisotopic (exact) mass is 277 g/mol. The van der Waals surface area contributed by atoms with Crippen molar-refractivity contribution in [2.45, 2.75) is 45.0 Å². The van der Waals surface area contributed by atoms with E-state index in [0.29, 0.717) is 12.4 Å². The zero-order valence-corrected chi connectivity index (χ0v) is 12.3. The predicted octanol–water partition coefficient (Wildman–Crippen LogP) is 1.51. The highest BCUT2D eigenvalue weighted by atomic mass is 32.2. The molecule has 5 nitrogen and oxygen atoms in total. The van der Waals surface area contributed by atoms with Gasteiger partial charge in [-0.25, -0.2) is 0 Å². The number of ether oxygens (including phenoxy) is 1. The Labute approximate surface area is 113 Å². The number of hydrogen-bond donors (Lipinski definition) is 2. The quantitative estimate of drug-likeness (QED) is 0.703. The first-order valence-corrected chi connectivity index (χ1v) is 6.97. The number of thioether (sulfide) groups is 1. The van der Waals surface area contributed by atoms with Crippen LogP contribution in [0.4, 0.5) is 0 Å². The van der Waals surface area contributed by atoms with E-state index in [9.17, 15) is 9.59 Å². The second-order valence-electron chi connectivity index (χ2n) is 4.88. The highest BCUT2D eigenvalue weighted by Crippen LogP contribution is 2.22. The van der Waals surface area contributed by atoms with E-state index in [0.717, 1.165) is 0 Å². The number of nitrogens with one attached hydrogen (secondary N) is 1. The minimum atomic E-state index is -0.924. The lowest BCUT2D eigenvalue weighted by molar-refractivity contribution is -0.140. The maximum atomic E-state index is 11.5. The van der Waals surface area contributed by atoms with E-state index in [-0.39, 0.29) is 23.6 Å². The Morgan fingerprint density at radius 1 is 1.39 bits per heavy atom. The van der Waals surface area contributed by atoms with E-state index in [2.05, 4.69) is 5.32 Å². The summed E-state index contributed by atoms with van der Waals surface area (Å²) in [5.74, 6) is -0.646. The Hall–Kier alpha value is -0.750. The van der Waals surface area contributed by atoms with E-state index in [1.807, 2.05) is 20.8 Å². The Balaban J connectivity index is 3.95. The van der Waals surface area contributed by atoms with Gasteiger partial charge >= 0.3 is 5.97 Å². The third-order valence-electron chi connectivity index (χ3n) is 1.97. The molecule has 0 aliphatic heterocycles. The van der Waals surface area contributed by atoms with Crippen LogP contribution in [-0.2, 0) is 14.3 Å². The van der Waals surface area contributed by atoms with Crippen molar-refractivity contribution in [3.05, 3.63) is 0 Å². The summed E-state index contributed by atoms with van der Waals surface area (Å²) < 4.78 is 5.29. The van der Waals surface area contributed by atoms with Gasteiger partial charge in [-0.15, -0.1) is 11.8 Å². The lowest BCUT2D eigenvalue weighted by Gasteiger charge is -2.18. The number of amides is 1. The smallest absolute Gasteiger partial charge is 0.306 e. The second kappa shape index (κ2) is 8.37. The van der Waals surface area contributed by atoms with E-state index in [1.54, 1.807) is 18.7 Å². The van der Waals surface area contributed by atoms with Gasteiger partial charge in [0.15, 0.2) is 0 Å². The van der Waals surface area contributed by atoms with Gasteiger partial charge in [-0.3, -0.25) is 9.59 Å². The molecule has 1 unspecified atom stereocenters. The van der Waals surface area contributed by atoms with Crippen LogP contribution in [0.25, 0.3) is 0 Å². The largest absolute Gasteiger partial charge is 0.481 e. The van der Waals surface area contributed by atoms with Crippen molar-refractivity contribution in [2.75, 3.05) is 18.9 Å². The second-order valence-corrected chi connectivity index (χ2v) is 6.68. The maximum Gasteiger partial charge on any atom is 0.306 e. The van der Waals surface area contributed by atoms with Crippen LogP contribution >= 0.6 is 11.8 Å². The van der Waals surface area contributed by atoms with Gasteiger partial charge in [0.2, 0.25) is 5.91 Å². The number of carbonyl (C=O) groups excluding carboxylic acids is 1. The first-order chi connectivity index (χ1) is 8.24. The van der Waals surface area contributed by atoms with E-state index in [1.165, 1.54) is 0 Å². The van der Waals surface area contributed by atoms with Crippen molar-refractivity contribution in [3.8, 4) is 0 Å². The van der Waals surface area contributed by atoms with Gasteiger partial charge in [0.1, 0.15) is 0 Å². The number of carboxylic acid groups (broad SMARTS) is 1. The zero-order chi connectivity index (χ0) is 14.2. The number of carboxylic acids is 1. The van der Waals surface area contributed by atoms with Crippen LogP contribution in [0.3, 0.4) is 0 Å². The minimum Gasteiger partial charge on any atom is -0.481 e. The predicted molar refractivity (Wildman–Crippen MR) is 72.9 cm³/mol. The molecular formula is C12H23NO4S. The lowest BCUT2D eigenvalue weighted by Crippen LogP contribution is -2.36. The summed E-state index contributed by atoms with van der Waals surface area (Å²) in [4.78, 5) is 22.1. The van der Waals surface area contributed by atoms with Crippen molar-refractivity contribution >= 4 is 23.6 Å². The van der Waals surface area contributed by atoms with Gasteiger partial charge in [0.25, 0.3) is 0 Å². The van der Waals surface area contributed by atoms with Gasteiger partial charge in [-0.05, 0) is 6.92 Å². The van der Waals surface area contributed by atoms with Gasteiger partial charge in [-0.2, -0.15) is 0 Å². The summed E-state index contributed by atoms with van der Waals surface area (Å²) in [5.41, 5.74) is 0. The maximum absolute atomic E-state index is 11.5. The molecule has 0 saturated carbocycles. The van der Waals surface area contributed by atoms with Crippen molar-refractivity contribution in [3.63, 3.8) is 0 Å². The number of aliphatic carboxylic acids is 1. The number of hydrogen-bond acceptors (Lipinski definition) is 4. The molecule has 0 aromatic carbocycles. The Bertz CT molecular complexity index is 276. The molecule has 0 spiro atoms. The van der Waals surface area contributed by atoms with Crippen LogP contribution in [0.15, 0.2) is 0 Å². The highest BCUT2D eigenvalue weighted by molar-refractivity contribution is 8.01. The van der Waals surface area contributed by atoms with Gasteiger partial charge < -0.3 is 15.2 Å². The summed E-state index contributed by atoms with van der Waals surface area (Å²) in [5, 5.41) is 11.4. The van der Waals surface area contributed by atoms with E-state index in [4.69, 9.17) is 9.84 Å². The number of carbonyl (C=O) groups is 2.